The molecule has 0 bridgehead atoms. The van der Waals surface area contributed by atoms with Crippen LogP contribution in [0.3, 0.4) is 0 Å². The van der Waals surface area contributed by atoms with Crippen LogP contribution in [0.4, 0.5) is 11.6 Å². The van der Waals surface area contributed by atoms with Crippen LogP contribution in [0, 0.1) is 11.3 Å². The van der Waals surface area contributed by atoms with Gasteiger partial charge in [0.05, 0.1) is 0 Å². The number of aromatic nitrogens is 1. The minimum absolute atomic E-state index is 0.348. The summed E-state index contributed by atoms with van der Waals surface area (Å²) in [7, 11) is 0. The van der Waals surface area contributed by atoms with Gasteiger partial charge in [-0.1, -0.05) is 54.6 Å². The van der Waals surface area contributed by atoms with Crippen LogP contribution in [0.5, 0.6) is 0 Å². The number of hydrogen-bond acceptors (Lipinski definition) is 5. The molecule has 1 aliphatic heterocycles. The molecule has 0 N–H and O–H groups in total. The van der Waals surface area contributed by atoms with Gasteiger partial charge in [-0.15, -0.1) is 0 Å². The molecule has 5 heteroatoms. The van der Waals surface area contributed by atoms with E-state index in [1.54, 1.807) is 0 Å². The summed E-state index contributed by atoms with van der Waals surface area (Å²) in [6, 6.07) is 26.8. The van der Waals surface area contributed by atoms with Gasteiger partial charge in [0, 0.05) is 37.4 Å². The molecule has 0 saturated carbocycles. The van der Waals surface area contributed by atoms with Crippen molar-refractivity contribution in [2.45, 2.75) is 0 Å². The molecule has 5 rings (SSSR count). The van der Waals surface area contributed by atoms with Crippen molar-refractivity contribution >= 4 is 22.3 Å². The number of hydrogen-bond donors (Lipinski definition) is 0. The number of para-hydroxylation sites is 1. The summed E-state index contributed by atoms with van der Waals surface area (Å²) in [5.41, 5.74) is 2.48. The number of nitriles is 1. The zero-order valence-electron chi connectivity index (χ0n) is 16.0. The van der Waals surface area contributed by atoms with Gasteiger partial charge < -0.3 is 14.2 Å². The molecular weight excluding hydrogens is 360 g/mol. The second-order valence-electron chi connectivity index (χ2n) is 7.12. The van der Waals surface area contributed by atoms with Gasteiger partial charge in [0.2, 0.25) is 17.5 Å². The Hall–Kier alpha value is -3.78. The predicted octanol–water partition coefficient (Wildman–Crippen LogP) is 4.69. The van der Waals surface area contributed by atoms with Gasteiger partial charge >= 0.3 is 0 Å². The summed E-state index contributed by atoms with van der Waals surface area (Å²) in [6.07, 6.45) is 0. The van der Waals surface area contributed by atoms with Crippen molar-refractivity contribution in [3.05, 3.63) is 78.5 Å². The lowest BCUT2D eigenvalue weighted by Gasteiger charge is -2.35. The molecule has 5 nitrogen and oxygen atoms in total. The van der Waals surface area contributed by atoms with Gasteiger partial charge in [0.1, 0.15) is 6.07 Å². The third kappa shape index (κ3) is 3.19. The summed E-state index contributed by atoms with van der Waals surface area (Å²) in [5, 5.41) is 11.8. The van der Waals surface area contributed by atoms with Gasteiger partial charge in [0.25, 0.3) is 0 Å². The lowest BCUT2D eigenvalue weighted by Crippen LogP contribution is -2.46. The number of oxazole rings is 1. The molecule has 0 radical (unpaired) electrons. The molecule has 1 fully saturated rings. The number of fused-ring (bicyclic) bond motifs is 1. The van der Waals surface area contributed by atoms with E-state index in [2.05, 4.69) is 63.3 Å². The average Bonchev–Trinajstić information content (AvgIpc) is 3.24. The van der Waals surface area contributed by atoms with Crippen LogP contribution in [-0.2, 0) is 0 Å². The van der Waals surface area contributed by atoms with Crippen molar-refractivity contribution in [3.63, 3.8) is 0 Å². The Bertz CT molecular complexity index is 1180. The van der Waals surface area contributed by atoms with Crippen molar-refractivity contribution in [2.75, 3.05) is 36.0 Å². The molecule has 1 saturated heterocycles. The van der Waals surface area contributed by atoms with Crippen LogP contribution in [0.25, 0.3) is 22.2 Å². The molecule has 29 heavy (non-hydrogen) atoms. The monoisotopic (exact) mass is 380 g/mol. The SMILES string of the molecule is N#Cc1nc(-c2cccc3ccccc23)oc1N1CCN(c2ccccc2)CC1. The summed E-state index contributed by atoms with van der Waals surface area (Å²) >= 11 is 0. The molecular formula is C24H20N4O. The van der Waals surface area contributed by atoms with E-state index in [1.165, 1.54) is 5.69 Å². The maximum absolute atomic E-state index is 9.64. The fourth-order valence-corrected chi connectivity index (χ4v) is 3.93. The molecule has 2 heterocycles. The first-order valence-electron chi connectivity index (χ1n) is 9.77. The number of anilines is 2. The van der Waals surface area contributed by atoms with Gasteiger partial charge in [-0.05, 0) is 29.0 Å². The van der Waals surface area contributed by atoms with Gasteiger partial charge in [-0.25, -0.2) is 0 Å². The summed E-state index contributed by atoms with van der Waals surface area (Å²) < 4.78 is 6.15. The maximum atomic E-state index is 9.64. The Balaban J connectivity index is 1.44. The largest absolute Gasteiger partial charge is 0.419 e. The molecule has 1 aromatic heterocycles. The van der Waals surface area contributed by atoms with E-state index in [0.717, 1.165) is 42.5 Å². The minimum Gasteiger partial charge on any atom is -0.419 e. The molecule has 0 atom stereocenters. The highest BCUT2D eigenvalue weighted by atomic mass is 16.4. The average molecular weight is 380 g/mol. The van der Waals surface area contributed by atoms with Crippen molar-refractivity contribution in [1.29, 1.82) is 5.26 Å². The quantitative estimate of drug-likeness (QED) is 0.516. The first-order valence-corrected chi connectivity index (χ1v) is 9.77. The minimum atomic E-state index is 0.348. The summed E-state index contributed by atoms with van der Waals surface area (Å²) in [5.74, 6) is 1.07. The van der Waals surface area contributed by atoms with E-state index in [9.17, 15) is 5.26 Å². The smallest absolute Gasteiger partial charge is 0.235 e. The summed E-state index contributed by atoms with van der Waals surface area (Å²) in [6.45, 7) is 3.32. The van der Waals surface area contributed by atoms with Gasteiger partial charge in [-0.2, -0.15) is 10.2 Å². The van der Waals surface area contributed by atoms with Gasteiger partial charge in [-0.3, -0.25) is 0 Å². The van der Waals surface area contributed by atoms with Gasteiger partial charge in [0.15, 0.2) is 0 Å². The number of nitrogens with zero attached hydrogens (tertiary/aromatic N) is 4. The lowest BCUT2D eigenvalue weighted by molar-refractivity contribution is 0.532. The van der Waals surface area contributed by atoms with Crippen molar-refractivity contribution in [1.82, 2.24) is 4.98 Å². The van der Waals surface area contributed by atoms with Crippen molar-refractivity contribution in [2.24, 2.45) is 0 Å². The molecule has 3 aromatic carbocycles. The third-order valence-electron chi connectivity index (χ3n) is 5.42. The van der Waals surface area contributed by atoms with Crippen molar-refractivity contribution < 1.29 is 4.42 Å². The number of rotatable bonds is 3. The zero-order valence-corrected chi connectivity index (χ0v) is 16.0. The van der Waals surface area contributed by atoms with Crippen LogP contribution < -0.4 is 9.80 Å². The van der Waals surface area contributed by atoms with E-state index in [4.69, 9.17) is 4.42 Å². The second kappa shape index (κ2) is 7.33. The Labute approximate surface area is 169 Å². The first-order chi connectivity index (χ1) is 14.3. The van der Waals surface area contributed by atoms with Crippen LogP contribution in [0.1, 0.15) is 5.69 Å². The predicted molar refractivity (Wildman–Crippen MR) is 115 cm³/mol. The van der Waals surface area contributed by atoms with Crippen LogP contribution >= 0.6 is 0 Å². The fraction of sp³-hybridized carbons (Fsp3) is 0.167. The number of benzene rings is 3. The molecule has 1 aliphatic rings. The van der Waals surface area contributed by atoms with Crippen LogP contribution in [-0.4, -0.2) is 31.2 Å². The molecule has 0 amide bonds. The van der Waals surface area contributed by atoms with E-state index < -0.39 is 0 Å². The first kappa shape index (κ1) is 17.3. The third-order valence-corrected chi connectivity index (χ3v) is 5.42. The Kier molecular flexibility index (Phi) is 4.38. The lowest BCUT2D eigenvalue weighted by atomic mass is 10.0. The van der Waals surface area contributed by atoms with Crippen LogP contribution in [0.15, 0.2) is 77.2 Å². The Morgan fingerprint density at radius 1 is 0.793 bits per heavy atom. The Morgan fingerprint density at radius 3 is 2.28 bits per heavy atom. The standard InChI is InChI=1S/C24H20N4O/c25-17-22-24(28-15-13-27(14-16-28)19-9-2-1-3-10-19)29-23(26-22)21-12-6-8-18-7-4-5-11-20(18)21/h1-12H,13-16H2. The molecule has 4 aromatic rings. The topological polar surface area (TPSA) is 56.3 Å². The normalized spacial score (nSPS) is 14.2. The number of piperazine rings is 1. The van der Waals surface area contributed by atoms with Crippen LogP contribution in [0.2, 0.25) is 0 Å². The second-order valence-corrected chi connectivity index (χ2v) is 7.12. The van der Waals surface area contributed by atoms with E-state index in [1.807, 2.05) is 30.3 Å². The highest BCUT2D eigenvalue weighted by molar-refractivity contribution is 5.94. The fourth-order valence-electron chi connectivity index (χ4n) is 3.93. The molecule has 142 valence electrons. The maximum Gasteiger partial charge on any atom is 0.235 e. The zero-order chi connectivity index (χ0) is 19.6. The molecule has 0 spiro atoms. The summed E-state index contributed by atoms with van der Waals surface area (Å²) in [4.78, 5) is 8.99. The Morgan fingerprint density at radius 2 is 1.48 bits per heavy atom. The van der Waals surface area contributed by atoms with Crippen molar-refractivity contribution in [3.8, 4) is 17.5 Å². The molecule has 0 unspecified atom stereocenters. The highest BCUT2D eigenvalue weighted by Gasteiger charge is 2.25. The van der Waals surface area contributed by atoms with E-state index >= 15 is 0 Å². The highest BCUT2D eigenvalue weighted by Crippen LogP contribution is 2.33. The molecule has 0 aliphatic carbocycles. The van der Waals surface area contributed by atoms with E-state index in [0.29, 0.717) is 17.5 Å². The van der Waals surface area contributed by atoms with E-state index in [-0.39, 0.29) is 0 Å².